The van der Waals surface area contributed by atoms with Crippen molar-refractivity contribution in [3.8, 4) is 17.5 Å². The van der Waals surface area contributed by atoms with Gasteiger partial charge in [0.05, 0.1) is 18.7 Å². The molecule has 12 heteroatoms. The van der Waals surface area contributed by atoms with E-state index in [4.69, 9.17) is 14.2 Å². The Hall–Kier alpha value is -3.96. The largest absolute Gasteiger partial charge is 0.493 e. The van der Waals surface area contributed by atoms with Crippen molar-refractivity contribution in [3.05, 3.63) is 70.4 Å². The number of benzene rings is 2. The van der Waals surface area contributed by atoms with Gasteiger partial charge in [0.2, 0.25) is 0 Å². The molecule has 0 aliphatic carbocycles. The van der Waals surface area contributed by atoms with Crippen LogP contribution < -0.4 is 19.1 Å². The van der Waals surface area contributed by atoms with Crippen LogP contribution in [0.4, 0.5) is 24.7 Å². The van der Waals surface area contributed by atoms with Crippen LogP contribution in [0.25, 0.3) is 0 Å². The summed E-state index contributed by atoms with van der Waals surface area (Å²) < 4.78 is 57.2. The maximum atomic E-state index is 12.7. The van der Waals surface area contributed by atoms with Crippen LogP contribution >= 0.6 is 0 Å². The summed E-state index contributed by atoms with van der Waals surface area (Å²) >= 11 is 0. The van der Waals surface area contributed by atoms with Crippen LogP contribution in [0.2, 0.25) is 0 Å². The third-order valence-corrected chi connectivity index (χ3v) is 6.78. The monoisotopic (exact) mass is 532 g/mol. The molecule has 2 aliphatic rings. The second-order valence-corrected chi connectivity index (χ2v) is 9.86. The molecule has 0 amide bonds. The number of imidazole rings is 1. The van der Waals surface area contributed by atoms with Gasteiger partial charge >= 0.3 is 18.0 Å². The molecule has 1 fully saturated rings. The Labute approximate surface area is 216 Å². The zero-order valence-electron chi connectivity index (χ0n) is 20.7. The first-order valence-electron chi connectivity index (χ1n) is 12.3. The number of hydrogen-bond acceptors (Lipinski definition) is 7. The second kappa shape index (κ2) is 10.1. The third kappa shape index (κ3) is 5.79. The van der Waals surface area contributed by atoms with Gasteiger partial charge in [-0.1, -0.05) is 0 Å². The summed E-state index contributed by atoms with van der Waals surface area (Å²) in [6, 6.07) is 12.8. The van der Waals surface area contributed by atoms with Gasteiger partial charge in [-0.25, -0.2) is 0 Å². The van der Waals surface area contributed by atoms with Gasteiger partial charge in [0.25, 0.3) is 0 Å². The van der Waals surface area contributed by atoms with E-state index in [1.807, 2.05) is 31.2 Å². The Balaban J connectivity index is 1.06. The fourth-order valence-corrected chi connectivity index (χ4v) is 4.66. The van der Waals surface area contributed by atoms with E-state index in [-0.39, 0.29) is 18.4 Å². The quantitative estimate of drug-likeness (QED) is 0.286. The highest BCUT2D eigenvalue weighted by atomic mass is 19.4. The molecule has 1 saturated heterocycles. The molecule has 0 N–H and O–H groups in total. The van der Waals surface area contributed by atoms with Crippen molar-refractivity contribution >= 4 is 11.5 Å². The van der Waals surface area contributed by atoms with E-state index in [1.54, 1.807) is 4.57 Å². The maximum absolute atomic E-state index is 12.7. The van der Waals surface area contributed by atoms with Gasteiger partial charge in [0, 0.05) is 23.8 Å². The van der Waals surface area contributed by atoms with E-state index < -0.39 is 22.3 Å². The van der Waals surface area contributed by atoms with Gasteiger partial charge in [-0.05, 0) is 79.1 Å². The molecule has 5 rings (SSSR count). The van der Waals surface area contributed by atoms with Gasteiger partial charge in [0.15, 0.2) is 5.60 Å². The standard InChI is InChI=1S/C26H27F3N4O5/c1-25(16-32-14-23(33(34)35)30-24(32)38-25)17-37-22-8-4-20(5-9-22)31-12-10-18(11-13-31)15-36-21-6-2-19(3-7-21)26(27,28)29/h2-9,14,18H,10-13,15-17H2,1H3/t25-/m0/s1. The molecule has 0 radical (unpaired) electrons. The fraction of sp³-hybridized carbons (Fsp3) is 0.423. The molecule has 3 heterocycles. The van der Waals surface area contributed by atoms with Gasteiger partial charge in [0.1, 0.15) is 24.3 Å². The lowest BCUT2D eigenvalue weighted by Gasteiger charge is -2.33. The van der Waals surface area contributed by atoms with Gasteiger partial charge in [-0.2, -0.15) is 13.2 Å². The molecule has 1 aromatic heterocycles. The molecule has 0 saturated carbocycles. The number of piperidine rings is 1. The molecule has 9 nitrogen and oxygen atoms in total. The predicted octanol–water partition coefficient (Wildman–Crippen LogP) is 5.34. The molecule has 0 spiro atoms. The lowest BCUT2D eigenvalue weighted by atomic mass is 9.97. The summed E-state index contributed by atoms with van der Waals surface area (Å²) in [6.45, 7) is 4.70. The lowest BCUT2D eigenvalue weighted by Crippen LogP contribution is -2.38. The molecule has 2 aliphatic heterocycles. The normalized spacial score (nSPS) is 19.6. The number of hydrogen-bond donors (Lipinski definition) is 0. The van der Waals surface area contributed by atoms with Crippen molar-refractivity contribution in [3.63, 3.8) is 0 Å². The first kappa shape index (κ1) is 25.7. The molecular weight excluding hydrogens is 505 g/mol. The minimum Gasteiger partial charge on any atom is -0.493 e. The highest BCUT2D eigenvalue weighted by molar-refractivity contribution is 5.49. The van der Waals surface area contributed by atoms with E-state index in [0.29, 0.717) is 30.6 Å². The Kier molecular flexibility index (Phi) is 6.80. The summed E-state index contributed by atoms with van der Waals surface area (Å²) in [6.07, 6.45) is -1.15. The average molecular weight is 533 g/mol. The molecule has 2 aromatic carbocycles. The van der Waals surface area contributed by atoms with Crippen molar-refractivity contribution in [2.24, 2.45) is 5.92 Å². The van der Waals surface area contributed by atoms with Crippen molar-refractivity contribution in [2.75, 3.05) is 31.2 Å². The molecule has 1 atom stereocenters. The Bertz CT molecular complexity index is 1250. The molecule has 3 aromatic rings. The van der Waals surface area contributed by atoms with Gasteiger partial charge in [-0.15, -0.1) is 0 Å². The predicted molar refractivity (Wildman–Crippen MR) is 132 cm³/mol. The lowest BCUT2D eigenvalue weighted by molar-refractivity contribution is -0.389. The summed E-state index contributed by atoms with van der Waals surface area (Å²) in [4.78, 5) is 16.5. The summed E-state index contributed by atoms with van der Waals surface area (Å²) in [5.74, 6) is 1.22. The number of halogens is 3. The van der Waals surface area contributed by atoms with Crippen LogP contribution in [-0.4, -0.2) is 46.4 Å². The Morgan fingerprint density at radius 1 is 1.08 bits per heavy atom. The average Bonchev–Trinajstić information content (AvgIpc) is 3.42. The van der Waals surface area contributed by atoms with E-state index in [9.17, 15) is 23.3 Å². The molecule has 202 valence electrons. The second-order valence-electron chi connectivity index (χ2n) is 9.86. The van der Waals surface area contributed by atoms with E-state index >= 15 is 0 Å². The van der Waals surface area contributed by atoms with E-state index in [1.165, 1.54) is 18.3 Å². The van der Waals surface area contributed by atoms with Gasteiger partial charge in [-0.3, -0.25) is 4.57 Å². The molecule has 0 bridgehead atoms. The minimum absolute atomic E-state index is 0.214. The highest BCUT2D eigenvalue weighted by Gasteiger charge is 2.41. The van der Waals surface area contributed by atoms with Crippen molar-refractivity contribution in [2.45, 2.75) is 38.1 Å². The molecule has 0 unspecified atom stereocenters. The number of rotatable bonds is 8. The van der Waals surface area contributed by atoms with Crippen LogP contribution in [0.1, 0.15) is 25.3 Å². The Morgan fingerprint density at radius 2 is 1.71 bits per heavy atom. The summed E-state index contributed by atoms with van der Waals surface area (Å²) in [5, 5.41) is 10.9. The number of anilines is 1. The van der Waals surface area contributed by atoms with Crippen molar-refractivity contribution in [1.82, 2.24) is 9.55 Å². The zero-order valence-corrected chi connectivity index (χ0v) is 20.7. The number of nitro groups is 1. The summed E-state index contributed by atoms with van der Waals surface area (Å²) in [7, 11) is 0. The first-order chi connectivity index (χ1) is 18.1. The molecule has 38 heavy (non-hydrogen) atoms. The van der Waals surface area contributed by atoms with Crippen LogP contribution in [-0.2, 0) is 12.7 Å². The first-order valence-corrected chi connectivity index (χ1v) is 12.3. The third-order valence-electron chi connectivity index (χ3n) is 6.78. The summed E-state index contributed by atoms with van der Waals surface area (Å²) in [5.41, 5.74) is -0.285. The van der Waals surface area contributed by atoms with E-state index in [0.717, 1.165) is 43.8 Å². The maximum Gasteiger partial charge on any atom is 0.416 e. The Morgan fingerprint density at radius 3 is 2.32 bits per heavy atom. The number of aromatic nitrogens is 2. The van der Waals surface area contributed by atoms with E-state index in [2.05, 4.69) is 9.88 Å². The van der Waals surface area contributed by atoms with Crippen molar-refractivity contribution < 1.29 is 32.3 Å². The number of alkyl halides is 3. The topological polar surface area (TPSA) is 91.9 Å². The van der Waals surface area contributed by atoms with Crippen LogP contribution in [0, 0.1) is 16.0 Å². The fourth-order valence-electron chi connectivity index (χ4n) is 4.66. The van der Waals surface area contributed by atoms with Crippen LogP contribution in [0.3, 0.4) is 0 Å². The number of nitrogens with zero attached hydrogens (tertiary/aromatic N) is 4. The number of ether oxygens (including phenoxy) is 3. The van der Waals surface area contributed by atoms with Crippen LogP contribution in [0.5, 0.6) is 17.5 Å². The van der Waals surface area contributed by atoms with Crippen molar-refractivity contribution in [1.29, 1.82) is 0 Å². The zero-order chi connectivity index (χ0) is 26.9. The highest BCUT2D eigenvalue weighted by Crippen LogP contribution is 2.33. The smallest absolute Gasteiger partial charge is 0.416 e. The van der Waals surface area contributed by atoms with Crippen LogP contribution in [0.15, 0.2) is 54.7 Å². The molecular formula is C26H27F3N4O5. The van der Waals surface area contributed by atoms with Gasteiger partial charge < -0.3 is 29.2 Å². The SMILES string of the molecule is C[C@@]1(COc2ccc(N3CCC(COc4ccc(C(F)(F)F)cc4)CC3)cc2)Cn2cc([N+](=O)[O-])nc2O1. The minimum atomic E-state index is -4.35. The number of fused-ring (bicyclic) bond motifs is 1.